The number of nitrogens with one attached hydrogen (secondary N) is 1. The molecule has 1 unspecified atom stereocenters. The van der Waals surface area contributed by atoms with Crippen molar-refractivity contribution in [3.05, 3.63) is 17.5 Å². The van der Waals surface area contributed by atoms with Crippen LogP contribution in [0.5, 0.6) is 0 Å². The van der Waals surface area contributed by atoms with Crippen molar-refractivity contribution in [1.82, 2.24) is 10.5 Å². The van der Waals surface area contributed by atoms with Crippen LogP contribution < -0.4 is 5.32 Å². The number of carbonyl (C=O) groups is 2. The molecule has 1 atom stereocenters. The fourth-order valence-corrected chi connectivity index (χ4v) is 1.33. The van der Waals surface area contributed by atoms with Crippen LogP contribution in [0, 0.1) is 0 Å². The maximum absolute atomic E-state index is 11.8. The molecule has 1 amide bonds. The zero-order valence-corrected chi connectivity index (χ0v) is 10.6. The summed E-state index contributed by atoms with van der Waals surface area (Å²) in [6.07, 6.45) is 0.432. The van der Waals surface area contributed by atoms with Crippen LogP contribution in [0.3, 0.4) is 0 Å². The van der Waals surface area contributed by atoms with Gasteiger partial charge in [0, 0.05) is 13.2 Å². The third kappa shape index (κ3) is 3.56. The van der Waals surface area contributed by atoms with Crippen molar-refractivity contribution in [2.75, 3.05) is 14.2 Å². The van der Waals surface area contributed by atoms with Crippen molar-refractivity contribution in [2.45, 2.75) is 26.0 Å². The molecule has 1 heterocycles. The first-order valence-electron chi connectivity index (χ1n) is 5.45. The molecule has 0 aliphatic heterocycles. The number of hydrogen-bond donors (Lipinski definition) is 1. The Hall–Kier alpha value is -1.89. The third-order valence-corrected chi connectivity index (χ3v) is 2.28. The van der Waals surface area contributed by atoms with Crippen molar-refractivity contribution in [3.63, 3.8) is 0 Å². The molecule has 1 aromatic heterocycles. The van der Waals surface area contributed by atoms with Gasteiger partial charge in [-0.25, -0.2) is 4.79 Å². The summed E-state index contributed by atoms with van der Waals surface area (Å²) in [5, 5.41) is 6.10. The summed E-state index contributed by atoms with van der Waals surface area (Å²) >= 11 is 0. The molecule has 0 aliphatic rings. The van der Waals surface area contributed by atoms with Crippen LogP contribution in [0.15, 0.2) is 10.6 Å². The van der Waals surface area contributed by atoms with E-state index in [0.29, 0.717) is 12.2 Å². The van der Waals surface area contributed by atoms with Gasteiger partial charge in [0.15, 0.2) is 11.5 Å². The lowest BCUT2D eigenvalue weighted by Crippen LogP contribution is -2.41. The average Bonchev–Trinajstić information content (AvgIpc) is 2.84. The predicted molar refractivity (Wildman–Crippen MR) is 60.8 cm³/mol. The van der Waals surface area contributed by atoms with Crippen LogP contribution in [-0.2, 0) is 20.9 Å². The molecule has 7 heteroatoms. The van der Waals surface area contributed by atoms with E-state index in [1.54, 1.807) is 6.92 Å². The van der Waals surface area contributed by atoms with E-state index in [2.05, 4.69) is 15.2 Å². The lowest BCUT2D eigenvalue weighted by molar-refractivity contribution is -0.142. The number of methoxy groups -OCH3 is 2. The molecular formula is C11H16N2O5. The van der Waals surface area contributed by atoms with E-state index in [0.717, 1.165) is 0 Å². The molecule has 1 aromatic rings. The quantitative estimate of drug-likeness (QED) is 0.745. The Balaban J connectivity index is 2.65. The van der Waals surface area contributed by atoms with Crippen LogP contribution >= 0.6 is 0 Å². The summed E-state index contributed by atoms with van der Waals surface area (Å²) in [6.45, 7) is 2.00. The third-order valence-electron chi connectivity index (χ3n) is 2.28. The Morgan fingerprint density at radius 2 is 2.22 bits per heavy atom. The number of hydrogen-bond acceptors (Lipinski definition) is 6. The van der Waals surface area contributed by atoms with Crippen molar-refractivity contribution >= 4 is 11.9 Å². The van der Waals surface area contributed by atoms with E-state index in [4.69, 9.17) is 9.26 Å². The van der Waals surface area contributed by atoms with Crippen LogP contribution in [0.1, 0.15) is 29.6 Å². The molecule has 7 nitrogen and oxygen atoms in total. The monoisotopic (exact) mass is 256 g/mol. The maximum Gasteiger partial charge on any atom is 0.328 e. The highest BCUT2D eigenvalue weighted by Gasteiger charge is 2.22. The molecular weight excluding hydrogens is 240 g/mol. The largest absolute Gasteiger partial charge is 0.467 e. The fraction of sp³-hybridized carbons (Fsp3) is 0.545. The second-order valence-corrected chi connectivity index (χ2v) is 3.57. The standard InChI is InChI=1S/C11H16N2O5/c1-4-8(11(15)17-3)12-10(14)9-5-7(6-16-2)18-13-9/h5,8H,4,6H2,1-3H3,(H,12,14). The number of nitrogens with zero attached hydrogens (tertiary/aromatic N) is 1. The first-order valence-corrected chi connectivity index (χ1v) is 5.45. The summed E-state index contributed by atoms with van der Waals surface area (Å²) in [7, 11) is 2.77. The van der Waals surface area contributed by atoms with Gasteiger partial charge in [0.1, 0.15) is 12.6 Å². The van der Waals surface area contributed by atoms with Gasteiger partial charge in [0.25, 0.3) is 5.91 Å². The number of carbonyl (C=O) groups excluding carboxylic acids is 2. The smallest absolute Gasteiger partial charge is 0.328 e. The number of amides is 1. The summed E-state index contributed by atoms with van der Waals surface area (Å²) in [5.41, 5.74) is 0.101. The molecule has 18 heavy (non-hydrogen) atoms. The predicted octanol–water partition coefficient (Wildman–Crippen LogP) is 0.502. The van der Waals surface area contributed by atoms with E-state index in [1.807, 2.05) is 0 Å². The first kappa shape index (κ1) is 14.2. The fourth-order valence-electron chi connectivity index (χ4n) is 1.33. The Labute approximate surface area is 104 Å². The van der Waals surface area contributed by atoms with Crippen molar-refractivity contribution in [2.24, 2.45) is 0 Å². The summed E-state index contributed by atoms with van der Waals surface area (Å²) in [4.78, 5) is 23.1. The number of rotatable bonds is 6. The molecule has 0 radical (unpaired) electrons. The second kappa shape index (κ2) is 6.75. The van der Waals surface area contributed by atoms with Gasteiger partial charge < -0.3 is 19.3 Å². The lowest BCUT2D eigenvalue weighted by Gasteiger charge is -2.12. The maximum atomic E-state index is 11.8. The summed E-state index contributed by atoms with van der Waals surface area (Å²) < 4.78 is 14.3. The average molecular weight is 256 g/mol. The van der Waals surface area contributed by atoms with Crippen LogP contribution in [0.2, 0.25) is 0 Å². The van der Waals surface area contributed by atoms with Gasteiger partial charge in [-0.2, -0.15) is 0 Å². The Bertz CT molecular complexity index is 415. The lowest BCUT2D eigenvalue weighted by atomic mass is 10.2. The van der Waals surface area contributed by atoms with Gasteiger partial charge in [0.05, 0.1) is 7.11 Å². The Morgan fingerprint density at radius 3 is 2.78 bits per heavy atom. The highest BCUT2D eigenvalue weighted by molar-refractivity contribution is 5.95. The summed E-state index contributed by atoms with van der Waals surface area (Å²) in [5.74, 6) is -0.543. The van der Waals surface area contributed by atoms with E-state index in [1.165, 1.54) is 20.3 Å². The van der Waals surface area contributed by atoms with Crippen molar-refractivity contribution in [3.8, 4) is 0 Å². The minimum Gasteiger partial charge on any atom is -0.467 e. The molecule has 0 aliphatic carbocycles. The highest BCUT2D eigenvalue weighted by Crippen LogP contribution is 2.05. The van der Waals surface area contributed by atoms with Gasteiger partial charge in [-0.05, 0) is 6.42 Å². The van der Waals surface area contributed by atoms with Gasteiger partial charge in [-0.3, -0.25) is 4.79 Å². The zero-order valence-electron chi connectivity index (χ0n) is 10.6. The molecule has 0 spiro atoms. The Morgan fingerprint density at radius 1 is 1.50 bits per heavy atom. The molecule has 1 N–H and O–H groups in total. The van der Waals surface area contributed by atoms with Crippen molar-refractivity contribution in [1.29, 1.82) is 0 Å². The van der Waals surface area contributed by atoms with Gasteiger partial charge in [-0.1, -0.05) is 12.1 Å². The first-order chi connectivity index (χ1) is 8.62. The molecule has 0 aromatic carbocycles. The highest BCUT2D eigenvalue weighted by atomic mass is 16.5. The molecule has 100 valence electrons. The van der Waals surface area contributed by atoms with Gasteiger partial charge >= 0.3 is 5.97 Å². The second-order valence-electron chi connectivity index (χ2n) is 3.57. The number of aromatic nitrogens is 1. The molecule has 0 fully saturated rings. The zero-order chi connectivity index (χ0) is 13.5. The Kier molecular flexibility index (Phi) is 5.31. The van der Waals surface area contributed by atoms with Gasteiger partial charge in [0.2, 0.25) is 0 Å². The minimum atomic E-state index is -0.690. The number of ether oxygens (including phenoxy) is 2. The van der Waals surface area contributed by atoms with Crippen LogP contribution in [0.25, 0.3) is 0 Å². The van der Waals surface area contributed by atoms with Gasteiger partial charge in [-0.15, -0.1) is 0 Å². The molecule has 0 bridgehead atoms. The van der Waals surface area contributed by atoms with Crippen LogP contribution in [-0.4, -0.2) is 37.3 Å². The number of esters is 1. The minimum absolute atomic E-state index is 0.101. The molecule has 0 saturated carbocycles. The topological polar surface area (TPSA) is 90.7 Å². The van der Waals surface area contributed by atoms with Crippen molar-refractivity contribution < 1.29 is 23.6 Å². The summed E-state index contributed by atoms with van der Waals surface area (Å²) in [6, 6.07) is 0.771. The van der Waals surface area contributed by atoms with E-state index in [9.17, 15) is 9.59 Å². The van der Waals surface area contributed by atoms with Crippen LogP contribution in [0.4, 0.5) is 0 Å². The SMILES string of the molecule is CCC(NC(=O)c1cc(COC)on1)C(=O)OC. The van der Waals surface area contributed by atoms with E-state index in [-0.39, 0.29) is 12.3 Å². The normalized spacial score (nSPS) is 11.9. The molecule has 0 saturated heterocycles. The van der Waals surface area contributed by atoms with E-state index >= 15 is 0 Å². The molecule has 1 rings (SSSR count). The van der Waals surface area contributed by atoms with E-state index < -0.39 is 17.9 Å².